The Morgan fingerprint density at radius 1 is 1.09 bits per heavy atom. The highest BCUT2D eigenvalue weighted by molar-refractivity contribution is 7.11. The summed E-state index contributed by atoms with van der Waals surface area (Å²) in [5.74, 6) is 2.40. The van der Waals surface area contributed by atoms with E-state index in [1.54, 1.807) is 7.05 Å². The van der Waals surface area contributed by atoms with Gasteiger partial charge in [0.2, 0.25) is 6.79 Å². The number of fused-ring (bicyclic) bond motifs is 1. The minimum absolute atomic E-state index is 0.302. The number of rotatable bonds is 5. The van der Waals surface area contributed by atoms with E-state index in [0.29, 0.717) is 13.3 Å². The summed E-state index contributed by atoms with van der Waals surface area (Å²) in [6.45, 7) is 3.94. The fourth-order valence-corrected chi connectivity index (χ4v) is 3.23. The largest absolute Gasteiger partial charge is 0.454 e. The predicted molar refractivity (Wildman–Crippen MR) is 93.3 cm³/mol. The molecule has 0 radical (unpaired) electrons. The van der Waals surface area contributed by atoms with Gasteiger partial charge in [0.15, 0.2) is 17.5 Å². The van der Waals surface area contributed by atoms with E-state index in [-0.39, 0.29) is 0 Å². The molecule has 2 heterocycles. The molecule has 0 saturated carbocycles. The lowest BCUT2D eigenvalue weighted by Gasteiger charge is -2.11. The third-order valence-corrected chi connectivity index (χ3v) is 4.85. The fraction of sp³-hybridized carbons (Fsp3) is 0.353. The molecule has 0 bridgehead atoms. The smallest absolute Gasteiger partial charge is 0.231 e. The molecular formula is C17H21N3O2S. The zero-order valence-electron chi connectivity index (χ0n) is 13.4. The van der Waals surface area contributed by atoms with Gasteiger partial charge in [-0.15, -0.1) is 11.3 Å². The molecule has 1 aliphatic heterocycles. The molecule has 0 atom stereocenters. The Kier molecular flexibility index (Phi) is 5.02. The number of thiophene rings is 1. The summed E-state index contributed by atoms with van der Waals surface area (Å²) in [4.78, 5) is 6.98. The topological polar surface area (TPSA) is 54.9 Å². The SMILES string of the molecule is CCc1ccc(CNC(=NC)NCc2ccc3c(c2)OCO3)s1. The number of aryl methyl sites for hydroxylation is 1. The van der Waals surface area contributed by atoms with Crippen LogP contribution in [0.3, 0.4) is 0 Å². The molecule has 0 spiro atoms. The van der Waals surface area contributed by atoms with Crippen LogP contribution in [0.1, 0.15) is 22.2 Å². The number of nitrogens with one attached hydrogen (secondary N) is 2. The molecule has 1 aliphatic rings. The highest BCUT2D eigenvalue weighted by Gasteiger charge is 2.13. The normalized spacial score (nSPS) is 13.2. The Hall–Kier alpha value is -2.21. The van der Waals surface area contributed by atoms with Crippen molar-refractivity contribution in [3.8, 4) is 11.5 Å². The molecular weight excluding hydrogens is 310 g/mol. The van der Waals surface area contributed by atoms with Crippen molar-refractivity contribution in [2.75, 3.05) is 13.8 Å². The molecule has 0 fully saturated rings. The maximum absolute atomic E-state index is 5.40. The molecule has 0 saturated heterocycles. The Labute approximate surface area is 140 Å². The van der Waals surface area contributed by atoms with Crippen LogP contribution in [0.25, 0.3) is 0 Å². The zero-order valence-corrected chi connectivity index (χ0v) is 14.2. The molecule has 2 N–H and O–H groups in total. The Bertz CT molecular complexity index is 697. The van der Waals surface area contributed by atoms with Crippen LogP contribution in [0.5, 0.6) is 11.5 Å². The van der Waals surface area contributed by atoms with Crippen molar-refractivity contribution in [2.45, 2.75) is 26.4 Å². The van der Waals surface area contributed by atoms with E-state index in [2.05, 4.69) is 34.7 Å². The first-order valence-corrected chi connectivity index (χ1v) is 8.50. The zero-order chi connectivity index (χ0) is 16.1. The number of guanidine groups is 1. The van der Waals surface area contributed by atoms with Crippen molar-refractivity contribution in [1.29, 1.82) is 0 Å². The summed E-state index contributed by atoms with van der Waals surface area (Å²) in [6.07, 6.45) is 1.09. The molecule has 0 unspecified atom stereocenters. The van der Waals surface area contributed by atoms with Gasteiger partial charge in [-0.3, -0.25) is 4.99 Å². The second kappa shape index (κ2) is 7.37. The summed E-state index contributed by atoms with van der Waals surface area (Å²) in [5.41, 5.74) is 1.13. The van der Waals surface area contributed by atoms with Gasteiger partial charge >= 0.3 is 0 Å². The van der Waals surface area contributed by atoms with Gasteiger partial charge in [0.1, 0.15) is 0 Å². The maximum Gasteiger partial charge on any atom is 0.231 e. The van der Waals surface area contributed by atoms with E-state index in [1.807, 2.05) is 29.5 Å². The molecule has 6 heteroatoms. The van der Waals surface area contributed by atoms with Crippen LogP contribution in [0.15, 0.2) is 35.3 Å². The maximum atomic E-state index is 5.40. The number of nitrogens with zero attached hydrogens (tertiary/aromatic N) is 1. The van der Waals surface area contributed by atoms with Gasteiger partial charge in [0, 0.05) is 23.3 Å². The third kappa shape index (κ3) is 3.96. The molecule has 5 nitrogen and oxygen atoms in total. The Morgan fingerprint density at radius 3 is 2.65 bits per heavy atom. The van der Waals surface area contributed by atoms with E-state index in [9.17, 15) is 0 Å². The first kappa shape index (κ1) is 15.7. The number of aliphatic imine (C=N–C) groups is 1. The summed E-state index contributed by atoms with van der Waals surface area (Å²) in [6, 6.07) is 10.3. The summed E-state index contributed by atoms with van der Waals surface area (Å²) in [5, 5.41) is 6.65. The average Bonchev–Trinajstić information content (AvgIpc) is 3.23. The molecule has 0 aliphatic carbocycles. The van der Waals surface area contributed by atoms with Crippen LogP contribution in [0.2, 0.25) is 0 Å². The van der Waals surface area contributed by atoms with Gasteiger partial charge in [-0.1, -0.05) is 13.0 Å². The third-order valence-electron chi connectivity index (χ3n) is 3.62. The van der Waals surface area contributed by atoms with Crippen LogP contribution >= 0.6 is 11.3 Å². The van der Waals surface area contributed by atoms with Gasteiger partial charge in [-0.05, 0) is 36.2 Å². The van der Waals surface area contributed by atoms with Crippen LogP contribution in [0.4, 0.5) is 0 Å². The van der Waals surface area contributed by atoms with Crippen molar-refractivity contribution in [2.24, 2.45) is 4.99 Å². The first-order chi connectivity index (χ1) is 11.3. The minimum Gasteiger partial charge on any atom is -0.454 e. The lowest BCUT2D eigenvalue weighted by atomic mass is 10.2. The molecule has 1 aromatic carbocycles. The van der Waals surface area contributed by atoms with Crippen molar-refractivity contribution in [1.82, 2.24) is 10.6 Å². The highest BCUT2D eigenvalue weighted by Crippen LogP contribution is 2.32. The van der Waals surface area contributed by atoms with Gasteiger partial charge in [-0.25, -0.2) is 0 Å². The van der Waals surface area contributed by atoms with Crippen molar-refractivity contribution in [3.63, 3.8) is 0 Å². The van der Waals surface area contributed by atoms with E-state index < -0.39 is 0 Å². The molecule has 122 valence electrons. The monoisotopic (exact) mass is 331 g/mol. The molecule has 1 aromatic heterocycles. The second-order valence-electron chi connectivity index (χ2n) is 5.19. The summed E-state index contributed by atoms with van der Waals surface area (Å²) < 4.78 is 10.7. The van der Waals surface area contributed by atoms with Crippen LogP contribution in [-0.4, -0.2) is 19.8 Å². The van der Waals surface area contributed by atoms with E-state index in [0.717, 1.165) is 36.0 Å². The number of hydrogen-bond donors (Lipinski definition) is 2. The molecule has 3 rings (SSSR count). The van der Waals surface area contributed by atoms with E-state index >= 15 is 0 Å². The fourth-order valence-electron chi connectivity index (χ4n) is 2.34. The van der Waals surface area contributed by atoms with Crippen LogP contribution in [0, 0.1) is 0 Å². The standard InChI is InChI=1S/C17H21N3O2S/c1-3-13-5-6-14(23-13)10-20-17(18-2)19-9-12-4-7-15-16(8-12)22-11-21-15/h4-8H,3,9-11H2,1-2H3,(H2,18,19,20). The van der Waals surface area contributed by atoms with E-state index in [4.69, 9.17) is 9.47 Å². The Morgan fingerprint density at radius 2 is 1.87 bits per heavy atom. The molecule has 23 heavy (non-hydrogen) atoms. The van der Waals surface area contributed by atoms with Gasteiger partial charge < -0.3 is 20.1 Å². The number of ether oxygens (including phenoxy) is 2. The van der Waals surface area contributed by atoms with Crippen molar-refractivity contribution < 1.29 is 9.47 Å². The predicted octanol–water partition coefficient (Wildman–Crippen LogP) is 2.90. The lowest BCUT2D eigenvalue weighted by molar-refractivity contribution is 0.174. The number of benzene rings is 1. The van der Waals surface area contributed by atoms with Crippen molar-refractivity contribution in [3.05, 3.63) is 45.6 Å². The minimum atomic E-state index is 0.302. The highest BCUT2D eigenvalue weighted by atomic mass is 32.1. The molecule has 0 amide bonds. The molecule has 2 aromatic rings. The number of hydrogen-bond acceptors (Lipinski definition) is 4. The lowest BCUT2D eigenvalue weighted by Crippen LogP contribution is -2.36. The van der Waals surface area contributed by atoms with Crippen LogP contribution < -0.4 is 20.1 Å². The van der Waals surface area contributed by atoms with Gasteiger partial charge in [0.25, 0.3) is 0 Å². The second-order valence-corrected chi connectivity index (χ2v) is 6.44. The van der Waals surface area contributed by atoms with Gasteiger partial charge in [0.05, 0.1) is 6.54 Å². The van der Waals surface area contributed by atoms with Crippen molar-refractivity contribution >= 4 is 17.3 Å². The van der Waals surface area contributed by atoms with Gasteiger partial charge in [-0.2, -0.15) is 0 Å². The summed E-state index contributed by atoms with van der Waals surface area (Å²) >= 11 is 1.84. The van der Waals surface area contributed by atoms with E-state index in [1.165, 1.54) is 9.75 Å². The quantitative estimate of drug-likeness (QED) is 0.653. The summed E-state index contributed by atoms with van der Waals surface area (Å²) in [7, 11) is 1.78. The Balaban J connectivity index is 1.51. The van der Waals surface area contributed by atoms with Crippen LogP contribution in [-0.2, 0) is 19.5 Å². The average molecular weight is 331 g/mol. The first-order valence-electron chi connectivity index (χ1n) is 7.69.